The van der Waals surface area contributed by atoms with E-state index < -0.39 is 0 Å². The molecule has 0 amide bonds. The molecule has 0 bridgehead atoms. The van der Waals surface area contributed by atoms with Crippen molar-refractivity contribution in [1.82, 2.24) is 15.1 Å². The van der Waals surface area contributed by atoms with E-state index in [1.807, 2.05) is 0 Å². The lowest BCUT2D eigenvalue weighted by molar-refractivity contribution is 0.148. The van der Waals surface area contributed by atoms with Gasteiger partial charge in [-0.2, -0.15) is 0 Å². The quantitative estimate of drug-likeness (QED) is 0.910. The van der Waals surface area contributed by atoms with Crippen molar-refractivity contribution >= 4 is 0 Å². The average Bonchev–Trinajstić information content (AvgIpc) is 2.53. The van der Waals surface area contributed by atoms with Crippen LogP contribution >= 0.6 is 0 Å². The molecule has 116 valence electrons. The molecule has 2 saturated heterocycles. The van der Waals surface area contributed by atoms with Crippen LogP contribution < -0.4 is 10.1 Å². The number of hydrogen-bond donors (Lipinski definition) is 1. The van der Waals surface area contributed by atoms with E-state index in [9.17, 15) is 0 Å². The van der Waals surface area contributed by atoms with Gasteiger partial charge in [0, 0.05) is 32.7 Å². The molecule has 3 rings (SSSR count). The number of hydrogen-bond acceptors (Lipinski definition) is 4. The molecule has 0 unspecified atom stereocenters. The van der Waals surface area contributed by atoms with Crippen LogP contribution in [0.4, 0.5) is 0 Å². The molecule has 2 aliphatic rings. The van der Waals surface area contributed by atoms with Crippen molar-refractivity contribution in [2.24, 2.45) is 0 Å². The summed E-state index contributed by atoms with van der Waals surface area (Å²) in [4.78, 5) is 4.93. The van der Waals surface area contributed by atoms with Crippen molar-refractivity contribution in [1.29, 1.82) is 0 Å². The highest BCUT2D eigenvalue weighted by Crippen LogP contribution is 2.18. The van der Waals surface area contributed by atoms with Crippen LogP contribution in [0.1, 0.15) is 18.4 Å². The predicted octanol–water partition coefficient (Wildman–Crippen LogP) is 1.56. The lowest BCUT2D eigenvalue weighted by atomic mass is 10.1. The van der Waals surface area contributed by atoms with Crippen molar-refractivity contribution in [3.63, 3.8) is 0 Å². The van der Waals surface area contributed by atoms with Crippen LogP contribution in [0, 0.1) is 0 Å². The Hall–Kier alpha value is -1.10. The molecule has 21 heavy (non-hydrogen) atoms. The topological polar surface area (TPSA) is 27.7 Å². The molecule has 2 fully saturated rings. The first-order valence-corrected chi connectivity index (χ1v) is 8.17. The first kappa shape index (κ1) is 14.8. The van der Waals surface area contributed by atoms with Crippen molar-refractivity contribution in [2.75, 3.05) is 46.3 Å². The minimum atomic E-state index is 0.384. The molecule has 2 heterocycles. The van der Waals surface area contributed by atoms with E-state index in [0.29, 0.717) is 6.10 Å². The van der Waals surface area contributed by atoms with Gasteiger partial charge in [0.2, 0.25) is 0 Å². The largest absolute Gasteiger partial charge is 0.490 e. The number of nitrogens with one attached hydrogen (secondary N) is 1. The van der Waals surface area contributed by atoms with Gasteiger partial charge in [0.15, 0.2) is 0 Å². The molecule has 1 N–H and O–H groups in total. The number of rotatable bonds is 4. The zero-order valence-electron chi connectivity index (χ0n) is 13.1. The van der Waals surface area contributed by atoms with E-state index >= 15 is 0 Å². The fourth-order valence-electron chi connectivity index (χ4n) is 3.04. The van der Waals surface area contributed by atoms with Gasteiger partial charge >= 0.3 is 0 Å². The maximum absolute atomic E-state index is 6.05. The van der Waals surface area contributed by atoms with Gasteiger partial charge in [-0.1, -0.05) is 12.1 Å². The Morgan fingerprint density at radius 1 is 1.05 bits per heavy atom. The smallest absolute Gasteiger partial charge is 0.119 e. The second-order valence-electron chi connectivity index (χ2n) is 6.29. The number of nitrogens with zero attached hydrogens (tertiary/aromatic N) is 2. The summed E-state index contributed by atoms with van der Waals surface area (Å²) in [6.07, 6.45) is 2.61. The molecule has 2 aliphatic heterocycles. The average molecular weight is 289 g/mol. The standard InChI is InChI=1S/C17H27N3O/c1-19-10-12-20(13-11-19)14-15-2-4-16(5-3-15)21-17-6-8-18-9-7-17/h2-5,17-18H,6-14H2,1H3. The maximum Gasteiger partial charge on any atom is 0.119 e. The van der Waals surface area contributed by atoms with E-state index in [2.05, 4.69) is 46.4 Å². The van der Waals surface area contributed by atoms with Gasteiger partial charge in [0.05, 0.1) is 0 Å². The first-order valence-electron chi connectivity index (χ1n) is 8.17. The SMILES string of the molecule is CN1CCN(Cc2ccc(OC3CCNCC3)cc2)CC1. The Morgan fingerprint density at radius 2 is 1.71 bits per heavy atom. The van der Waals surface area contributed by atoms with Crippen molar-refractivity contribution in [3.05, 3.63) is 29.8 Å². The molecule has 0 saturated carbocycles. The van der Waals surface area contributed by atoms with Gasteiger partial charge in [-0.05, 0) is 50.7 Å². The van der Waals surface area contributed by atoms with Gasteiger partial charge in [-0.25, -0.2) is 0 Å². The van der Waals surface area contributed by atoms with Crippen LogP contribution in [0.25, 0.3) is 0 Å². The third-order valence-electron chi connectivity index (χ3n) is 4.51. The summed E-state index contributed by atoms with van der Waals surface area (Å²) in [7, 11) is 2.20. The first-order chi connectivity index (χ1) is 10.3. The third kappa shape index (κ3) is 4.43. The summed E-state index contributed by atoms with van der Waals surface area (Å²) in [6, 6.07) is 8.70. The van der Waals surface area contributed by atoms with Crippen molar-refractivity contribution in [3.8, 4) is 5.75 Å². The molecule has 0 radical (unpaired) electrons. The summed E-state index contributed by atoms with van der Waals surface area (Å²) in [6.45, 7) is 7.90. The molecule has 0 atom stereocenters. The molecular formula is C17H27N3O. The van der Waals surface area contributed by atoms with E-state index in [1.54, 1.807) is 0 Å². The molecule has 0 aromatic heterocycles. The minimum absolute atomic E-state index is 0.384. The number of likely N-dealkylation sites (N-methyl/N-ethyl adjacent to an activating group) is 1. The van der Waals surface area contributed by atoms with Gasteiger partial charge in [-0.15, -0.1) is 0 Å². The van der Waals surface area contributed by atoms with Gasteiger partial charge in [0.1, 0.15) is 11.9 Å². The predicted molar refractivity (Wildman–Crippen MR) is 85.7 cm³/mol. The van der Waals surface area contributed by atoms with Crippen molar-refractivity contribution < 1.29 is 4.74 Å². The monoisotopic (exact) mass is 289 g/mol. The highest BCUT2D eigenvalue weighted by Gasteiger charge is 2.15. The number of ether oxygens (including phenoxy) is 1. The third-order valence-corrected chi connectivity index (χ3v) is 4.51. The van der Waals surface area contributed by atoms with Gasteiger partial charge < -0.3 is 15.0 Å². The van der Waals surface area contributed by atoms with Crippen LogP contribution in [-0.2, 0) is 6.54 Å². The van der Waals surface area contributed by atoms with E-state index in [-0.39, 0.29) is 0 Å². The number of piperazine rings is 1. The molecule has 1 aromatic rings. The second kappa shape index (κ2) is 7.25. The van der Waals surface area contributed by atoms with Gasteiger partial charge in [-0.3, -0.25) is 4.90 Å². The minimum Gasteiger partial charge on any atom is -0.490 e. The van der Waals surface area contributed by atoms with Crippen LogP contribution in [0.15, 0.2) is 24.3 Å². The van der Waals surface area contributed by atoms with Crippen LogP contribution in [-0.4, -0.2) is 62.2 Å². The Balaban J connectivity index is 1.49. The molecular weight excluding hydrogens is 262 g/mol. The zero-order chi connectivity index (χ0) is 14.5. The Labute approximate surface area is 128 Å². The summed E-state index contributed by atoms with van der Waals surface area (Å²) < 4.78 is 6.05. The Bertz CT molecular complexity index is 420. The van der Waals surface area contributed by atoms with Gasteiger partial charge in [0.25, 0.3) is 0 Å². The molecule has 0 spiro atoms. The maximum atomic E-state index is 6.05. The summed E-state index contributed by atoms with van der Waals surface area (Å²) in [5.41, 5.74) is 1.39. The fraction of sp³-hybridized carbons (Fsp3) is 0.647. The highest BCUT2D eigenvalue weighted by atomic mass is 16.5. The summed E-state index contributed by atoms with van der Waals surface area (Å²) in [5, 5.41) is 3.37. The second-order valence-corrected chi connectivity index (χ2v) is 6.29. The summed E-state index contributed by atoms with van der Waals surface area (Å²) in [5.74, 6) is 1.02. The van der Waals surface area contributed by atoms with Crippen LogP contribution in [0.2, 0.25) is 0 Å². The zero-order valence-corrected chi connectivity index (χ0v) is 13.1. The van der Waals surface area contributed by atoms with E-state index in [0.717, 1.165) is 38.2 Å². The lowest BCUT2D eigenvalue weighted by Gasteiger charge is -2.32. The number of piperidine rings is 1. The van der Waals surface area contributed by atoms with Crippen LogP contribution in [0.5, 0.6) is 5.75 Å². The fourth-order valence-corrected chi connectivity index (χ4v) is 3.04. The molecule has 4 nitrogen and oxygen atoms in total. The Morgan fingerprint density at radius 3 is 2.38 bits per heavy atom. The van der Waals surface area contributed by atoms with E-state index in [1.165, 1.54) is 31.7 Å². The Kier molecular flexibility index (Phi) is 5.12. The van der Waals surface area contributed by atoms with Crippen LogP contribution in [0.3, 0.4) is 0 Å². The molecule has 4 heteroatoms. The lowest BCUT2D eigenvalue weighted by Crippen LogP contribution is -2.43. The summed E-state index contributed by atoms with van der Waals surface area (Å²) >= 11 is 0. The van der Waals surface area contributed by atoms with E-state index in [4.69, 9.17) is 4.74 Å². The highest BCUT2D eigenvalue weighted by molar-refractivity contribution is 5.27. The molecule has 0 aliphatic carbocycles. The molecule has 1 aromatic carbocycles. The number of benzene rings is 1. The normalized spacial score (nSPS) is 22.3. The van der Waals surface area contributed by atoms with Crippen molar-refractivity contribution in [2.45, 2.75) is 25.5 Å².